The van der Waals surface area contributed by atoms with E-state index in [9.17, 15) is 4.79 Å². The lowest BCUT2D eigenvalue weighted by molar-refractivity contribution is 0.0918. The van der Waals surface area contributed by atoms with E-state index in [-0.39, 0.29) is 18.5 Å². The predicted molar refractivity (Wildman–Crippen MR) is 81.0 cm³/mol. The number of ether oxygens (including phenoxy) is 2. The third kappa shape index (κ3) is 4.60. The van der Waals surface area contributed by atoms with Crippen LogP contribution in [0.25, 0.3) is 0 Å². The van der Waals surface area contributed by atoms with Crippen LogP contribution in [-0.4, -0.2) is 23.5 Å². The highest BCUT2D eigenvalue weighted by atomic mass is 16.5. The normalized spacial score (nSPS) is 10.5. The van der Waals surface area contributed by atoms with Crippen LogP contribution in [0.4, 0.5) is 0 Å². The van der Waals surface area contributed by atoms with Gasteiger partial charge in [-0.05, 0) is 51.1 Å². The maximum Gasteiger partial charge on any atom is 0.213 e. The Hall–Kier alpha value is -2.36. The summed E-state index contributed by atoms with van der Waals surface area (Å²) in [4.78, 5) is 16.2. The number of aromatic nitrogens is 1. The number of aryl methyl sites for hydroxylation is 1. The summed E-state index contributed by atoms with van der Waals surface area (Å²) in [7, 11) is 0. The van der Waals surface area contributed by atoms with Crippen LogP contribution in [0.15, 0.2) is 42.5 Å². The Morgan fingerprint density at radius 3 is 2.48 bits per heavy atom. The molecule has 0 aliphatic heterocycles. The number of benzene rings is 1. The molecule has 4 nitrogen and oxygen atoms in total. The van der Waals surface area contributed by atoms with E-state index in [2.05, 4.69) is 4.98 Å². The van der Waals surface area contributed by atoms with Crippen molar-refractivity contribution >= 4 is 5.78 Å². The van der Waals surface area contributed by atoms with Gasteiger partial charge in [-0.25, -0.2) is 4.98 Å². The van der Waals surface area contributed by atoms with Gasteiger partial charge in [0.25, 0.3) is 0 Å². The number of Topliss-reactive ketones (excluding diaryl/α,β-unsaturated/α-hetero) is 1. The van der Waals surface area contributed by atoms with E-state index in [4.69, 9.17) is 9.47 Å². The van der Waals surface area contributed by atoms with Crippen molar-refractivity contribution in [2.24, 2.45) is 0 Å². The van der Waals surface area contributed by atoms with Crippen molar-refractivity contribution in [1.82, 2.24) is 4.98 Å². The van der Waals surface area contributed by atoms with Crippen molar-refractivity contribution in [3.05, 3.63) is 53.7 Å². The van der Waals surface area contributed by atoms with Crippen LogP contribution in [0.2, 0.25) is 0 Å². The summed E-state index contributed by atoms with van der Waals surface area (Å²) >= 11 is 0. The van der Waals surface area contributed by atoms with Gasteiger partial charge < -0.3 is 9.47 Å². The third-order valence-electron chi connectivity index (χ3n) is 2.76. The highest BCUT2D eigenvalue weighted by Crippen LogP contribution is 2.15. The molecular formula is C17H19NO3. The van der Waals surface area contributed by atoms with Crippen LogP contribution >= 0.6 is 0 Å². The topological polar surface area (TPSA) is 48.4 Å². The zero-order valence-corrected chi connectivity index (χ0v) is 12.5. The second kappa shape index (κ2) is 6.88. The van der Waals surface area contributed by atoms with E-state index in [1.54, 1.807) is 30.3 Å². The minimum absolute atomic E-state index is 0.0269. The molecule has 0 bridgehead atoms. The summed E-state index contributed by atoms with van der Waals surface area (Å²) < 4.78 is 10.9. The zero-order valence-electron chi connectivity index (χ0n) is 12.5. The van der Waals surface area contributed by atoms with Gasteiger partial charge >= 0.3 is 0 Å². The summed E-state index contributed by atoms with van der Waals surface area (Å²) in [5.41, 5.74) is 1.45. The lowest BCUT2D eigenvalue weighted by Gasteiger charge is -2.10. The number of pyridine rings is 1. The molecule has 1 aromatic heterocycles. The first-order valence-corrected chi connectivity index (χ1v) is 6.91. The number of ketones is 1. The summed E-state index contributed by atoms with van der Waals surface area (Å²) in [6.45, 7) is 5.77. The Labute approximate surface area is 124 Å². The number of hydrogen-bond donors (Lipinski definition) is 0. The van der Waals surface area contributed by atoms with Gasteiger partial charge in [-0.3, -0.25) is 4.79 Å². The van der Waals surface area contributed by atoms with Crippen LogP contribution < -0.4 is 9.47 Å². The molecule has 21 heavy (non-hydrogen) atoms. The molecule has 110 valence electrons. The van der Waals surface area contributed by atoms with Crippen molar-refractivity contribution < 1.29 is 14.3 Å². The van der Waals surface area contributed by atoms with Crippen molar-refractivity contribution in [3.8, 4) is 11.6 Å². The van der Waals surface area contributed by atoms with E-state index in [1.165, 1.54) is 0 Å². The number of nitrogens with zero attached hydrogens (tertiary/aromatic N) is 1. The maximum absolute atomic E-state index is 12.0. The minimum atomic E-state index is -0.0885. The fourth-order valence-electron chi connectivity index (χ4n) is 1.81. The highest BCUT2D eigenvalue weighted by molar-refractivity contribution is 5.97. The minimum Gasteiger partial charge on any atom is -0.491 e. The van der Waals surface area contributed by atoms with Crippen molar-refractivity contribution in [1.29, 1.82) is 0 Å². The van der Waals surface area contributed by atoms with Gasteiger partial charge in [-0.2, -0.15) is 0 Å². The molecule has 0 aliphatic carbocycles. The summed E-state index contributed by atoms with van der Waals surface area (Å²) in [5.74, 6) is 1.13. The van der Waals surface area contributed by atoms with Gasteiger partial charge in [0.1, 0.15) is 5.75 Å². The number of carbonyl (C=O) groups is 1. The molecule has 0 unspecified atom stereocenters. The van der Waals surface area contributed by atoms with E-state index >= 15 is 0 Å². The molecule has 4 heteroatoms. The second-order valence-electron chi connectivity index (χ2n) is 5.02. The van der Waals surface area contributed by atoms with Gasteiger partial charge in [0.05, 0.1) is 6.10 Å². The van der Waals surface area contributed by atoms with Crippen LogP contribution in [0, 0.1) is 6.92 Å². The fourth-order valence-corrected chi connectivity index (χ4v) is 1.81. The fraction of sp³-hybridized carbons (Fsp3) is 0.294. The lowest BCUT2D eigenvalue weighted by atomic mass is 10.1. The first-order valence-electron chi connectivity index (χ1n) is 6.91. The molecular weight excluding hydrogens is 266 g/mol. The molecule has 0 N–H and O–H groups in total. The zero-order chi connectivity index (χ0) is 15.2. The molecule has 0 amide bonds. The Balaban J connectivity index is 1.94. The molecule has 0 fully saturated rings. The number of hydrogen-bond acceptors (Lipinski definition) is 4. The second-order valence-corrected chi connectivity index (χ2v) is 5.02. The van der Waals surface area contributed by atoms with E-state index in [0.717, 1.165) is 11.4 Å². The number of carbonyl (C=O) groups excluding carboxylic acids is 1. The molecule has 1 aromatic carbocycles. The molecule has 2 rings (SSSR count). The molecule has 0 radical (unpaired) electrons. The van der Waals surface area contributed by atoms with Crippen molar-refractivity contribution in [2.75, 3.05) is 6.61 Å². The first kappa shape index (κ1) is 15.0. The average molecular weight is 285 g/mol. The van der Waals surface area contributed by atoms with Crippen molar-refractivity contribution in [3.63, 3.8) is 0 Å². The van der Waals surface area contributed by atoms with Gasteiger partial charge in [0.15, 0.2) is 12.4 Å². The predicted octanol–water partition coefficient (Wildman–Crippen LogP) is 3.44. The van der Waals surface area contributed by atoms with E-state index in [0.29, 0.717) is 11.4 Å². The van der Waals surface area contributed by atoms with Crippen molar-refractivity contribution in [2.45, 2.75) is 26.9 Å². The summed E-state index contributed by atoms with van der Waals surface area (Å²) in [6, 6.07) is 12.5. The Kier molecular flexibility index (Phi) is 4.93. The molecule has 0 saturated heterocycles. The van der Waals surface area contributed by atoms with Crippen LogP contribution in [0.1, 0.15) is 29.9 Å². The molecule has 0 aliphatic rings. The Morgan fingerprint density at radius 1 is 1.14 bits per heavy atom. The third-order valence-corrected chi connectivity index (χ3v) is 2.76. The van der Waals surface area contributed by atoms with Crippen LogP contribution in [0.5, 0.6) is 11.6 Å². The van der Waals surface area contributed by atoms with E-state index < -0.39 is 0 Å². The summed E-state index contributed by atoms with van der Waals surface area (Å²) in [5, 5.41) is 0. The maximum atomic E-state index is 12.0. The van der Waals surface area contributed by atoms with Gasteiger partial charge in [0, 0.05) is 17.3 Å². The van der Waals surface area contributed by atoms with E-state index in [1.807, 2.05) is 32.9 Å². The molecule has 2 aromatic rings. The smallest absolute Gasteiger partial charge is 0.213 e. The lowest BCUT2D eigenvalue weighted by Crippen LogP contribution is -2.12. The SMILES string of the molecule is Cc1cccc(OCC(=O)c2ccc(OC(C)C)cc2)n1. The van der Waals surface area contributed by atoms with Gasteiger partial charge in [-0.1, -0.05) is 6.07 Å². The largest absolute Gasteiger partial charge is 0.491 e. The standard InChI is InChI=1S/C17H19NO3/c1-12(2)21-15-9-7-14(8-10-15)16(19)11-20-17-6-4-5-13(3)18-17/h4-10,12H,11H2,1-3H3. The summed E-state index contributed by atoms with van der Waals surface area (Å²) in [6.07, 6.45) is 0.113. The van der Waals surface area contributed by atoms with Gasteiger partial charge in [-0.15, -0.1) is 0 Å². The number of rotatable bonds is 6. The highest BCUT2D eigenvalue weighted by Gasteiger charge is 2.08. The molecule has 0 atom stereocenters. The quantitative estimate of drug-likeness (QED) is 0.763. The average Bonchev–Trinajstić information content (AvgIpc) is 2.45. The molecule has 0 spiro atoms. The Morgan fingerprint density at radius 2 is 1.86 bits per heavy atom. The monoisotopic (exact) mass is 285 g/mol. The first-order chi connectivity index (χ1) is 10.0. The molecule has 1 heterocycles. The van der Waals surface area contributed by atoms with Crippen LogP contribution in [-0.2, 0) is 0 Å². The van der Waals surface area contributed by atoms with Gasteiger partial charge in [0.2, 0.25) is 5.88 Å². The molecule has 0 saturated carbocycles. The van der Waals surface area contributed by atoms with Crippen LogP contribution in [0.3, 0.4) is 0 Å². The Bertz CT molecular complexity index is 606.